The number of nitrogens with one attached hydrogen (secondary N) is 1. The number of nitrogen functional groups attached to an aromatic ring is 1. The van der Waals surface area contributed by atoms with Crippen LogP contribution < -0.4 is 11.1 Å². The Morgan fingerprint density at radius 1 is 1.36 bits per heavy atom. The van der Waals surface area contributed by atoms with Crippen LogP contribution in [0.25, 0.3) is 0 Å². The molecule has 3 heteroatoms. The summed E-state index contributed by atoms with van der Waals surface area (Å²) in [4.78, 5) is 11.8. The molecule has 0 aromatic heterocycles. The van der Waals surface area contributed by atoms with Gasteiger partial charge in [0.1, 0.15) is 0 Å². The minimum Gasteiger partial charge on any atom is -0.399 e. The molecular formula is C11H12N2O. The van der Waals surface area contributed by atoms with Crippen LogP contribution in [0.5, 0.6) is 0 Å². The van der Waals surface area contributed by atoms with Gasteiger partial charge in [-0.25, -0.2) is 0 Å². The van der Waals surface area contributed by atoms with Crippen LogP contribution in [0.2, 0.25) is 0 Å². The molecule has 1 spiro atoms. The lowest BCUT2D eigenvalue weighted by Gasteiger charge is -2.36. The fourth-order valence-corrected chi connectivity index (χ4v) is 2.46. The van der Waals surface area contributed by atoms with Crippen LogP contribution in [0.4, 0.5) is 11.4 Å². The molecule has 3 nitrogen and oxygen atoms in total. The molecule has 0 saturated heterocycles. The van der Waals surface area contributed by atoms with Gasteiger partial charge in [-0.2, -0.15) is 0 Å². The maximum Gasteiger partial charge on any atom is 0.235 e. The molecule has 3 rings (SSSR count). The van der Waals surface area contributed by atoms with E-state index in [2.05, 4.69) is 5.32 Å². The first-order valence-electron chi connectivity index (χ1n) is 4.94. The van der Waals surface area contributed by atoms with E-state index >= 15 is 0 Å². The number of carbonyl (C=O) groups excluding carboxylic acids is 1. The van der Waals surface area contributed by atoms with Crippen molar-refractivity contribution in [3.63, 3.8) is 0 Å². The first-order valence-corrected chi connectivity index (χ1v) is 4.94. The van der Waals surface area contributed by atoms with Crippen LogP contribution in [0, 0.1) is 0 Å². The smallest absolute Gasteiger partial charge is 0.235 e. The van der Waals surface area contributed by atoms with Crippen molar-refractivity contribution in [3.05, 3.63) is 23.8 Å². The number of carbonyl (C=O) groups is 1. The molecule has 0 radical (unpaired) electrons. The molecule has 1 amide bonds. The van der Waals surface area contributed by atoms with Crippen LogP contribution >= 0.6 is 0 Å². The lowest BCUT2D eigenvalue weighted by molar-refractivity contribution is -0.123. The van der Waals surface area contributed by atoms with E-state index in [-0.39, 0.29) is 11.3 Å². The largest absolute Gasteiger partial charge is 0.399 e. The lowest BCUT2D eigenvalue weighted by Crippen LogP contribution is -2.40. The molecule has 1 saturated carbocycles. The van der Waals surface area contributed by atoms with Crippen molar-refractivity contribution in [1.82, 2.24) is 0 Å². The summed E-state index contributed by atoms with van der Waals surface area (Å²) in [5, 5.41) is 2.92. The average molecular weight is 188 g/mol. The molecule has 2 aliphatic rings. The Labute approximate surface area is 82.3 Å². The van der Waals surface area contributed by atoms with Gasteiger partial charge in [-0.1, -0.05) is 6.42 Å². The predicted molar refractivity (Wildman–Crippen MR) is 55.0 cm³/mol. The van der Waals surface area contributed by atoms with Gasteiger partial charge >= 0.3 is 0 Å². The molecule has 14 heavy (non-hydrogen) atoms. The van der Waals surface area contributed by atoms with Gasteiger partial charge in [-0.05, 0) is 36.6 Å². The molecule has 1 aliphatic heterocycles. The Balaban J connectivity index is 2.20. The topological polar surface area (TPSA) is 55.1 Å². The monoisotopic (exact) mass is 188 g/mol. The molecule has 0 unspecified atom stereocenters. The van der Waals surface area contributed by atoms with Gasteiger partial charge in [0, 0.05) is 11.4 Å². The van der Waals surface area contributed by atoms with Crippen LogP contribution in [0.3, 0.4) is 0 Å². The normalized spacial score (nSPS) is 21.6. The summed E-state index contributed by atoms with van der Waals surface area (Å²) in [6.45, 7) is 0. The molecule has 0 atom stereocenters. The fraction of sp³-hybridized carbons (Fsp3) is 0.364. The van der Waals surface area contributed by atoms with E-state index in [4.69, 9.17) is 5.73 Å². The van der Waals surface area contributed by atoms with Gasteiger partial charge in [0.25, 0.3) is 0 Å². The second-order valence-corrected chi connectivity index (χ2v) is 4.19. The molecule has 3 N–H and O–H groups in total. The van der Waals surface area contributed by atoms with E-state index in [1.807, 2.05) is 18.2 Å². The highest BCUT2D eigenvalue weighted by atomic mass is 16.2. The average Bonchev–Trinajstić information content (AvgIpc) is 2.35. The Hall–Kier alpha value is -1.51. The van der Waals surface area contributed by atoms with E-state index in [0.29, 0.717) is 0 Å². The van der Waals surface area contributed by atoms with Crippen molar-refractivity contribution in [3.8, 4) is 0 Å². The van der Waals surface area contributed by atoms with Crippen molar-refractivity contribution in [1.29, 1.82) is 0 Å². The first kappa shape index (κ1) is 7.85. The molecule has 72 valence electrons. The second-order valence-electron chi connectivity index (χ2n) is 4.19. The fourth-order valence-electron chi connectivity index (χ4n) is 2.46. The van der Waals surface area contributed by atoms with E-state index in [1.54, 1.807) is 0 Å². The number of rotatable bonds is 0. The predicted octanol–water partition coefficient (Wildman–Crippen LogP) is 1.64. The Kier molecular flexibility index (Phi) is 1.29. The van der Waals surface area contributed by atoms with Crippen molar-refractivity contribution in [2.24, 2.45) is 0 Å². The SMILES string of the molecule is Nc1ccc2c(c1)C1(CCC1)C(=O)N2. The van der Waals surface area contributed by atoms with Gasteiger partial charge in [-0.15, -0.1) is 0 Å². The summed E-state index contributed by atoms with van der Waals surface area (Å²) in [5.74, 6) is 0.157. The summed E-state index contributed by atoms with van der Waals surface area (Å²) in [6, 6.07) is 5.67. The number of anilines is 2. The maximum absolute atomic E-state index is 11.8. The third-order valence-corrected chi connectivity index (χ3v) is 3.45. The van der Waals surface area contributed by atoms with Gasteiger partial charge in [0.2, 0.25) is 5.91 Å². The highest BCUT2D eigenvalue weighted by Crippen LogP contribution is 2.51. The summed E-state index contributed by atoms with van der Waals surface area (Å²) in [6.07, 6.45) is 3.08. The van der Waals surface area contributed by atoms with E-state index in [9.17, 15) is 4.79 Å². The zero-order valence-corrected chi connectivity index (χ0v) is 7.84. The molecule has 1 aromatic rings. The van der Waals surface area contributed by atoms with Crippen LogP contribution in [0.15, 0.2) is 18.2 Å². The zero-order chi connectivity index (χ0) is 9.76. The molecule has 1 fully saturated rings. The van der Waals surface area contributed by atoms with Crippen molar-refractivity contribution in [2.75, 3.05) is 11.1 Å². The summed E-state index contributed by atoms with van der Waals surface area (Å²) in [5.41, 5.74) is 8.30. The highest BCUT2D eigenvalue weighted by Gasteiger charge is 2.50. The van der Waals surface area contributed by atoms with Gasteiger partial charge < -0.3 is 11.1 Å². The minimum absolute atomic E-state index is 0.157. The van der Waals surface area contributed by atoms with Gasteiger partial charge in [-0.3, -0.25) is 4.79 Å². The second kappa shape index (κ2) is 2.29. The standard InChI is InChI=1S/C11H12N2O/c12-7-2-3-9-8(6-7)11(4-1-5-11)10(14)13-9/h2-3,6H,1,4-5,12H2,(H,13,14). The third kappa shape index (κ3) is 0.750. The van der Waals surface area contributed by atoms with Crippen molar-refractivity contribution < 1.29 is 4.79 Å². The number of amides is 1. The Morgan fingerprint density at radius 2 is 2.14 bits per heavy atom. The highest BCUT2D eigenvalue weighted by molar-refractivity contribution is 6.07. The van der Waals surface area contributed by atoms with Crippen LogP contribution in [-0.2, 0) is 10.2 Å². The zero-order valence-electron chi connectivity index (χ0n) is 7.84. The number of nitrogens with two attached hydrogens (primary N) is 1. The summed E-state index contributed by atoms with van der Waals surface area (Å²) >= 11 is 0. The van der Waals surface area contributed by atoms with Gasteiger partial charge in [0.05, 0.1) is 5.41 Å². The number of fused-ring (bicyclic) bond motifs is 2. The lowest BCUT2D eigenvalue weighted by atomic mass is 9.65. The van der Waals surface area contributed by atoms with Crippen LogP contribution in [-0.4, -0.2) is 5.91 Å². The van der Waals surface area contributed by atoms with Gasteiger partial charge in [0.15, 0.2) is 0 Å². The third-order valence-electron chi connectivity index (χ3n) is 3.45. The van der Waals surface area contributed by atoms with Crippen molar-refractivity contribution >= 4 is 17.3 Å². The van der Waals surface area contributed by atoms with Crippen LogP contribution in [0.1, 0.15) is 24.8 Å². The molecule has 1 heterocycles. The van der Waals surface area contributed by atoms with E-state index in [1.165, 1.54) is 0 Å². The minimum atomic E-state index is -0.231. The van der Waals surface area contributed by atoms with Crippen molar-refractivity contribution in [2.45, 2.75) is 24.7 Å². The maximum atomic E-state index is 11.8. The molecular weight excluding hydrogens is 176 g/mol. The number of hydrogen-bond donors (Lipinski definition) is 2. The van der Waals surface area contributed by atoms with E-state index < -0.39 is 0 Å². The Bertz CT molecular complexity index is 421. The quantitative estimate of drug-likeness (QED) is 0.608. The van der Waals surface area contributed by atoms with E-state index in [0.717, 1.165) is 36.2 Å². The summed E-state index contributed by atoms with van der Waals surface area (Å²) < 4.78 is 0. The summed E-state index contributed by atoms with van der Waals surface area (Å²) in [7, 11) is 0. The molecule has 0 bridgehead atoms. The molecule has 1 aliphatic carbocycles. The number of benzene rings is 1. The first-order chi connectivity index (χ1) is 6.72. The molecule has 1 aromatic carbocycles. The number of hydrogen-bond acceptors (Lipinski definition) is 2. The Morgan fingerprint density at radius 3 is 2.79 bits per heavy atom.